The summed E-state index contributed by atoms with van der Waals surface area (Å²) in [5, 5.41) is 13.3. The highest BCUT2D eigenvalue weighted by molar-refractivity contribution is 7.99. The third-order valence-electron chi connectivity index (χ3n) is 3.24. The highest BCUT2D eigenvalue weighted by atomic mass is 32.2. The summed E-state index contributed by atoms with van der Waals surface area (Å²) in [5.41, 5.74) is -0.00107. The Kier molecular flexibility index (Phi) is 5.97. The molecule has 0 heterocycles. The van der Waals surface area contributed by atoms with Gasteiger partial charge in [0, 0.05) is 24.5 Å². The van der Waals surface area contributed by atoms with E-state index in [0.717, 1.165) is 25.9 Å². The first-order chi connectivity index (χ1) is 7.26. The van der Waals surface area contributed by atoms with Crippen molar-refractivity contribution < 1.29 is 9.84 Å². The standard InChI is InChI=1S/C11H23NO2S/c1-12-11(9-13)5-4-10(8-11)15-7-3-6-14-2/h10,12-13H,3-9H2,1-2H3. The molecule has 15 heavy (non-hydrogen) atoms. The number of aliphatic hydroxyl groups is 1. The van der Waals surface area contributed by atoms with E-state index in [2.05, 4.69) is 5.32 Å². The Morgan fingerprint density at radius 1 is 1.60 bits per heavy atom. The first kappa shape index (κ1) is 13.3. The lowest BCUT2D eigenvalue weighted by atomic mass is 10.00. The van der Waals surface area contributed by atoms with E-state index >= 15 is 0 Å². The molecule has 4 heteroatoms. The summed E-state index contributed by atoms with van der Waals surface area (Å²) in [7, 11) is 3.70. The fourth-order valence-corrected chi connectivity index (χ4v) is 3.46. The first-order valence-corrected chi connectivity index (χ1v) is 6.71. The Balaban J connectivity index is 2.18. The van der Waals surface area contributed by atoms with Crippen molar-refractivity contribution in [3.8, 4) is 0 Å². The van der Waals surface area contributed by atoms with Crippen LogP contribution in [0, 0.1) is 0 Å². The Morgan fingerprint density at radius 2 is 2.40 bits per heavy atom. The van der Waals surface area contributed by atoms with Crippen molar-refractivity contribution in [3.05, 3.63) is 0 Å². The maximum absolute atomic E-state index is 9.35. The van der Waals surface area contributed by atoms with Gasteiger partial charge in [-0.15, -0.1) is 0 Å². The Hall–Kier alpha value is 0.230. The average Bonchev–Trinajstić information content (AvgIpc) is 2.69. The van der Waals surface area contributed by atoms with Crippen LogP contribution in [0.15, 0.2) is 0 Å². The molecule has 1 saturated carbocycles. The van der Waals surface area contributed by atoms with Gasteiger partial charge in [-0.1, -0.05) is 0 Å². The van der Waals surface area contributed by atoms with Gasteiger partial charge in [-0.05, 0) is 38.5 Å². The summed E-state index contributed by atoms with van der Waals surface area (Å²) in [5.74, 6) is 1.17. The number of nitrogens with one attached hydrogen (secondary N) is 1. The number of hydrogen-bond acceptors (Lipinski definition) is 4. The molecule has 1 rings (SSSR count). The number of rotatable bonds is 7. The van der Waals surface area contributed by atoms with E-state index in [1.54, 1.807) is 7.11 Å². The fraction of sp³-hybridized carbons (Fsp3) is 1.00. The molecule has 0 aromatic heterocycles. The number of likely N-dealkylation sites (N-methyl/N-ethyl adjacent to an activating group) is 1. The van der Waals surface area contributed by atoms with Crippen LogP contribution in [0.3, 0.4) is 0 Å². The molecule has 0 aliphatic heterocycles. The minimum atomic E-state index is -0.00107. The third-order valence-corrected chi connectivity index (χ3v) is 4.64. The SMILES string of the molecule is CNC1(CO)CCC(SCCCOC)C1. The summed E-state index contributed by atoms with van der Waals surface area (Å²) < 4.78 is 5.02. The molecular weight excluding hydrogens is 210 g/mol. The third kappa shape index (κ3) is 3.94. The molecule has 0 amide bonds. The molecule has 0 spiro atoms. The van der Waals surface area contributed by atoms with Gasteiger partial charge >= 0.3 is 0 Å². The van der Waals surface area contributed by atoms with E-state index in [0.29, 0.717) is 5.25 Å². The zero-order chi connectivity index (χ0) is 11.1. The second-order valence-electron chi connectivity index (χ2n) is 4.27. The van der Waals surface area contributed by atoms with Gasteiger partial charge < -0.3 is 15.2 Å². The number of hydrogen-bond donors (Lipinski definition) is 2. The van der Waals surface area contributed by atoms with Gasteiger partial charge in [0.05, 0.1) is 6.61 Å². The predicted molar refractivity (Wildman–Crippen MR) is 65.5 cm³/mol. The summed E-state index contributed by atoms with van der Waals surface area (Å²) in [4.78, 5) is 0. The number of thioether (sulfide) groups is 1. The Morgan fingerprint density at radius 3 is 2.93 bits per heavy atom. The van der Waals surface area contributed by atoms with E-state index < -0.39 is 0 Å². The van der Waals surface area contributed by atoms with E-state index in [1.807, 2.05) is 18.8 Å². The van der Waals surface area contributed by atoms with E-state index in [-0.39, 0.29) is 12.1 Å². The van der Waals surface area contributed by atoms with E-state index in [4.69, 9.17) is 4.74 Å². The highest BCUT2D eigenvalue weighted by Crippen LogP contribution is 2.36. The average molecular weight is 233 g/mol. The van der Waals surface area contributed by atoms with Crippen LogP contribution in [0.2, 0.25) is 0 Å². The van der Waals surface area contributed by atoms with Crippen molar-refractivity contribution >= 4 is 11.8 Å². The highest BCUT2D eigenvalue weighted by Gasteiger charge is 2.37. The van der Waals surface area contributed by atoms with Gasteiger partial charge in [-0.3, -0.25) is 0 Å². The Labute approximate surface area is 97.0 Å². The lowest BCUT2D eigenvalue weighted by molar-refractivity contribution is 0.173. The van der Waals surface area contributed by atoms with Crippen LogP contribution in [0.5, 0.6) is 0 Å². The lowest BCUT2D eigenvalue weighted by Crippen LogP contribution is -2.44. The minimum Gasteiger partial charge on any atom is -0.394 e. The maximum Gasteiger partial charge on any atom is 0.0613 e. The normalized spacial score (nSPS) is 31.0. The van der Waals surface area contributed by atoms with Crippen molar-refractivity contribution in [1.82, 2.24) is 5.32 Å². The fourth-order valence-electron chi connectivity index (χ4n) is 2.12. The molecule has 3 nitrogen and oxygen atoms in total. The number of aliphatic hydroxyl groups excluding tert-OH is 1. The van der Waals surface area contributed by atoms with Crippen molar-refractivity contribution in [2.24, 2.45) is 0 Å². The quantitative estimate of drug-likeness (QED) is 0.650. The molecule has 0 aromatic rings. The molecular formula is C11H23NO2S. The van der Waals surface area contributed by atoms with Crippen LogP contribution in [-0.4, -0.2) is 49.0 Å². The van der Waals surface area contributed by atoms with Crippen molar-refractivity contribution in [1.29, 1.82) is 0 Å². The van der Waals surface area contributed by atoms with Crippen molar-refractivity contribution in [2.45, 2.75) is 36.5 Å². The largest absolute Gasteiger partial charge is 0.394 e. The van der Waals surface area contributed by atoms with Gasteiger partial charge in [0.2, 0.25) is 0 Å². The molecule has 1 aliphatic rings. The van der Waals surface area contributed by atoms with Crippen LogP contribution in [0.4, 0.5) is 0 Å². The molecule has 90 valence electrons. The zero-order valence-corrected chi connectivity index (χ0v) is 10.6. The summed E-state index contributed by atoms with van der Waals surface area (Å²) in [6.07, 6.45) is 4.54. The molecule has 1 fully saturated rings. The summed E-state index contributed by atoms with van der Waals surface area (Å²) >= 11 is 2.03. The number of methoxy groups -OCH3 is 1. The number of ether oxygens (including phenoxy) is 1. The second-order valence-corrected chi connectivity index (χ2v) is 5.68. The van der Waals surface area contributed by atoms with Gasteiger partial charge in [0.25, 0.3) is 0 Å². The van der Waals surface area contributed by atoms with Crippen LogP contribution < -0.4 is 5.32 Å². The topological polar surface area (TPSA) is 41.5 Å². The maximum atomic E-state index is 9.35. The van der Waals surface area contributed by atoms with Crippen molar-refractivity contribution in [2.75, 3.05) is 33.1 Å². The summed E-state index contributed by atoms with van der Waals surface area (Å²) in [6.45, 7) is 1.12. The molecule has 2 N–H and O–H groups in total. The van der Waals surface area contributed by atoms with Crippen LogP contribution in [0.1, 0.15) is 25.7 Å². The first-order valence-electron chi connectivity index (χ1n) is 5.66. The molecule has 2 atom stereocenters. The smallest absolute Gasteiger partial charge is 0.0613 e. The molecule has 0 aromatic carbocycles. The van der Waals surface area contributed by atoms with Gasteiger partial charge in [-0.25, -0.2) is 0 Å². The second kappa shape index (κ2) is 6.74. The Bertz CT molecular complexity index is 174. The molecule has 0 bridgehead atoms. The monoisotopic (exact) mass is 233 g/mol. The van der Waals surface area contributed by atoms with Gasteiger partial charge in [0.1, 0.15) is 0 Å². The van der Waals surface area contributed by atoms with Crippen LogP contribution in [-0.2, 0) is 4.74 Å². The van der Waals surface area contributed by atoms with E-state index in [1.165, 1.54) is 12.2 Å². The molecule has 2 unspecified atom stereocenters. The predicted octanol–water partition coefficient (Wildman–Crippen LogP) is 1.26. The lowest BCUT2D eigenvalue weighted by Gasteiger charge is -2.26. The van der Waals surface area contributed by atoms with Crippen molar-refractivity contribution in [3.63, 3.8) is 0 Å². The van der Waals surface area contributed by atoms with Crippen LogP contribution >= 0.6 is 11.8 Å². The van der Waals surface area contributed by atoms with E-state index in [9.17, 15) is 5.11 Å². The van der Waals surface area contributed by atoms with Crippen LogP contribution in [0.25, 0.3) is 0 Å². The molecule has 0 radical (unpaired) electrons. The van der Waals surface area contributed by atoms with Gasteiger partial charge in [-0.2, -0.15) is 11.8 Å². The van der Waals surface area contributed by atoms with Gasteiger partial charge in [0.15, 0.2) is 0 Å². The molecule has 0 saturated heterocycles. The molecule has 1 aliphatic carbocycles. The zero-order valence-electron chi connectivity index (χ0n) is 9.79. The summed E-state index contributed by atoms with van der Waals surface area (Å²) in [6, 6.07) is 0. The minimum absolute atomic E-state index is 0.00107.